The van der Waals surface area contributed by atoms with Gasteiger partial charge in [0.25, 0.3) is 0 Å². The summed E-state index contributed by atoms with van der Waals surface area (Å²) in [4.78, 5) is 11.1. The van der Waals surface area contributed by atoms with Crippen molar-refractivity contribution in [1.29, 1.82) is 0 Å². The van der Waals surface area contributed by atoms with Gasteiger partial charge in [-0.15, -0.1) is 6.42 Å². The van der Waals surface area contributed by atoms with Gasteiger partial charge in [-0.05, 0) is 12.1 Å². The molecule has 0 saturated carbocycles. The molecule has 2 N–H and O–H groups in total. The molecule has 2 amide bonds. The zero-order chi connectivity index (χ0) is 12.0. The average Bonchev–Trinajstić information content (AvgIpc) is 2.29. The molecule has 0 aliphatic heterocycles. The maximum Gasteiger partial charge on any atom is 0.318 e. The number of carbonyl (C=O) groups excluding carboxylic acids is 1. The summed E-state index contributed by atoms with van der Waals surface area (Å²) in [5.74, 6) is 2.77. The van der Waals surface area contributed by atoms with Crippen molar-refractivity contribution >= 4 is 23.3 Å². The highest BCUT2D eigenvalue weighted by atomic mass is 35.5. The number of hydrogen-bond acceptors (Lipinski definition) is 2. The normalized spacial score (nSPS) is 9.06. The predicted molar refractivity (Wildman–Crippen MR) is 63.9 cm³/mol. The van der Waals surface area contributed by atoms with Crippen LogP contribution >= 0.6 is 11.6 Å². The number of amides is 2. The molecule has 0 bridgehead atoms. The van der Waals surface area contributed by atoms with E-state index in [4.69, 9.17) is 22.8 Å². The number of urea groups is 1. The first kappa shape index (κ1) is 12.2. The first-order valence-corrected chi connectivity index (χ1v) is 4.89. The second-order valence-electron chi connectivity index (χ2n) is 2.84. The van der Waals surface area contributed by atoms with E-state index < -0.39 is 0 Å². The zero-order valence-corrected chi connectivity index (χ0v) is 9.47. The van der Waals surface area contributed by atoms with E-state index in [2.05, 4.69) is 16.6 Å². The molecule has 4 nitrogen and oxygen atoms in total. The van der Waals surface area contributed by atoms with Gasteiger partial charge in [-0.2, -0.15) is 0 Å². The van der Waals surface area contributed by atoms with E-state index in [-0.39, 0.29) is 12.6 Å². The van der Waals surface area contributed by atoms with Crippen LogP contribution < -0.4 is 15.4 Å². The van der Waals surface area contributed by atoms with Crippen molar-refractivity contribution in [2.45, 2.75) is 0 Å². The van der Waals surface area contributed by atoms with E-state index in [0.717, 1.165) is 0 Å². The molecule has 0 saturated heterocycles. The summed E-state index contributed by atoms with van der Waals surface area (Å²) in [6.45, 7) is 0.128. The Morgan fingerprint density at radius 1 is 1.62 bits per heavy atom. The fraction of sp³-hybridized carbons (Fsp3) is 0.182. The zero-order valence-electron chi connectivity index (χ0n) is 8.71. The van der Waals surface area contributed by atoms with Gasteiger partial charge in [-0.25, -0.2) is 4.79 Å². The monoisotopic (exact) mass is 238 g/mol. The Balaban J connectivity index is 2.81. The first-order valence-electron chi connectivity index (χ1n) is 4.52. The van der Waals surface area contributed by atoms with Crippen molar-refractivity contribution in [2.24, 2.45) is 0 Å². The van der Waals surface area contributed by atoms with E-state index in [0.29, 0.717) is 16.5 Å². The van der Waals surface area contributed by atoms with Crippen LogP contribution in [-0.4, -0.2) is 19.7 Å². The molecule has 0 unspecified atom stereocenters. The van der Waals surface area contributed by atoms with Gasteiger partial charge in [-0.3, -0.25) is 0 Å². The molecule has 0 aliphatic carbocycles. The topological polar surface area (TPSA) is 50.4 Å². The molecule has 1 rings (SSSR count). The van der Waals surface area contributed by atoms with Gasteiger partial charge < -0.3 is 15.4 Å². The summed E-state index contributed by atoms with van der Waals surface area (Å²) in [6.07, 6.45) is 5.07. The molecule has 84 valence electrons. The number of carbonyl (C=O) groups is 1. The largest absolute Gasteiger partial charge is 0.479 e. The lowest BCUT2D eigenvalue weighted by Crippen LogP contribution is -2.24. The molecular weight excluding hydrogens is 228 g/mol. The molecule has 0 heterocycles. The molecule has 16 heavy (non-hydrogen) atoms. The molecule has 0 fully saturated rings. The third-order valence-electron chi connectivity index (χ3n) is 1.73. The molecule has 0 aliphatic rings. The van der Waals surface area contributed by atoms with Gasteiger partial charge >= 0.3 is 6.03 Å². The number of anilines is 1. The van der Waals surface area contributed by atoms with E-state index in [9.17, 15) is 4.79 Å². The Morgan fingerprint density at radius 3 is 3.00 bits per heavy atom. The SMILES string of the molecule is C#CCOc1cc(NC(=O)NC)ccc1Cl. The fourth-order valence-corrected chi connectivity index (χ4v) is 1.18. The van der Waals surface area contributed by atoms with Gasteiger partial charge in [0, 0.05) is 18.8 Å². The Bertz CT molecular complexity index is 426. The number of terminal acetylenes is 1. The van der Waals surface area contributed by atoms with E-state index in [1.54, 1.807) is 18.2 Å². The molecule has 0 radical (unpaired) electrons. The van der Waals surface area contributed by atoms with Crippen LogP contribution in [0.25, 0.3) is 0 Å². The predicted octanol–water partition coefficient (Wildman–Crippen LogP) is 2.10. The second kappa shape index (κ2) is 5.89. The van der Waals surface area contributed by atoms with Crippen molar-refractivity contribution in [2.75, 3.05) is 19.0 Å². The van der Waals surface area contributed by atoms with Crippen LogP contribution in [-0.2, 0) is 0 Å². The van der Waals surface area contributed by atoms with Crippen molar-refractivity contribution in [1.82, 2.24) is 5.32 Å². The Labute approximate surface area is 98.9 Å². The quantitative estimate of drug-likeness (QED) is 0.793. The van der Waals surface area contributed by atoms with Crippen molar-refractivity contribution in [3.63, 3.8) is 0 Å². The van der Waals surface area contributed by atoms with Crippen LogP contribution in [0, 0.1) is 12.3 Å². The lowest BCUT2D eigenvalue weighted by Gasteiger charge is -2.08. The maximum absolute atomic E-state index is 11.1. The van der Waals surface area contributed by atoms with Gasteiger partial charge in [-0.1, -0.05) is 17.5 Å². The van der Waals surface area contributed by atoms with Crippen LogP contribution in [0.3, 0.4) is 0 Å². The molecule has 1 aromatic carbocycles. The third-order valence-corrected chi connectivity index (χ3v) is 2.04. The van der Waals surface area contributed by atoms with Crippen molar-refractivity contribution < 1.29 is 9.53 Å². The fourth-order valence-electron chi connectivity index (χ4n) is 1.00. The summed E-state index contributed by atoms with van der Waals surface area (Å²) in [6, 6.07) is 4.58. The lowest BCUT2D eigenvalue weighted by atomic mass is 10.3. The third kappa shape index (κ3) is 3.37. The number of hydrogen-bond donors (Lipinski definition) is 2. The maximum atomic E-state index is 11.1. The summed E-state index contributed by atoms with van der Waals surface area (Å²) < 4.78 is 5.20. The van der Waals surface area contributed by atoms with E-state index in [1.807, 2.05) is 0 Å². The van der Waals surface area contributed by atoms with Gasteiger partial charge in [0.2, 0.25) is 0 Å². The average molecular weight is 239 g/mol. The lowest BCUT2D eigenvalue weighted by molar-refractivity contribution is 0.254. The molecule has 0 atom stereocenters. The molecule has 0 spiro atoms. The highest BCUT2D eigenvalue weighted by Gasteiger charge is 2.04. The minimum atomic E-state index is -0.315. The highest BCUT2D eigenvalue weighted by Crippen LogP contribution is 2.27. The number of benzene rings is 1. The number of halogens is 1. The molecule has 5 heteroatoms. The van der Waals surface area contributed by atoms with Crippen molar-refractivity contribution in [3.05, 3.63) is 23.2 Å². The summed E-state index contributed by atoms with van der Waals surface area (Å²) in [7, 11) is 1.53. The Hall–Kier alpha value is -1.86. The molecule has 1 aromatic rings. The highest BCUT2D eigenvalue weighted by molar-refractivity contribution is 6.32. The number of ether oxygens (including phenoxy) is 1. The van der Waals surface area contributed by atoms with Crippen molar-refractivity contribution in [3.8, 4) is 18.1 Å². The van der Waals surface area contributed by atoms with Gasteiger partial charge in [0.15, 0.2) is 0 Å². The Morgan fingerprint density at radius 2 is 2.38 bits per heavy atom. The van der Waals surface area contributed by atoms with E-state index >= 15 is 0 Å². The molecular formula is C11H11ClN2O2. The minimum Gasteiger partial charge on any atom is -0.479 e. The van der Waals surface area contributed by atoms with Crippen LogP contribution in [0.4, 0.5) is 10.5 Å². The van der Waals surface area contributed by atoms with Crippen LogP contribution in [0.2, 0.25) is 5.02 Å². The van der Waals surface area contributed by atoms with Crippen LogP contribution in [0.5, 0.6) is 5.75 Å². The second-order valence-corrected chi connectivity index (χ2v) is 3.25. The Kier molecular flexibility index (Phi) is 4.49. The van der Waals surface area contributed by atoms with Crippen LogP contribution in [0.1, 0.15) is 0 Å². The first-order chi connectivity index (χ1) is 7.67. The standard InChI is InChI=1S/C11H11ClN2O2/c1-3-6-16-10-7-8(4-5-9(10)12)14-11(15)13-2/h1,4-5,7H,6H2,2H3,(H2,13,14,15). The van der Waals surface area contributed by atoms with Gasteiger partial charge in [0.1, 0.15) is 12.4 Å². The number of rotatable bonds is 3. The summed E-state index contributed by atoms with van der Waals surface area (Å²) >= 11 is 5.88. The minimum absolute atomic E-state index is 0.128. The smallest absolute Gasteiger partial charge is 0.318 e. The van der Waals surface area contributed by atoms with Crippen LogP contribution in [0.15, 0.2) is 18.2 Å². The van der Waals surface area contributed by atoms with E-state index in [1.165, 1.54) is 7.05 Å². The summed E-state index contributed by atoms with van der Waals surface area (Å²) in [5, 5.41) is 5.47. The summed E-state index contributed by atoms with van der Waals surface area (Å²) in [5.41, 5.74) is 0.579. The molecule has 0 aromatic heterocycles. The van der Waals surface area contributed by atoms with Gasteiger partial charge in [0.05, 0.1) is 5.02 Å². The number of nitrogens with one attached hydrogen (secondary N) is 2.